The summed E-state index contributed by atoms with van der Waals surface area (Å²) in [5.41, 5.74) is 9.70. The highest BCUT2D eigenvalue weighted by Gasteiger charge is 2.40. The number of alkyl halides is 3. The highest BCUT2D eigenvalue weighted by molar-refractivity contribution is 6.07. The molecule has 20 heterocycles. The molecule has 4 aliphatic rings. The molecule has 0 atom stereocenters. The second-order valence-electron chi connectivity index (χ2n) is 30.7. The van der Waals surface area contributed by atoms with Gasteiger partial charge in [0.25, 0.3) is 36.6 Å². The van der Waals surface area contributed by atoms with Crippen molar-refractivity contribution in [2.45, 2.75) is 69.9 Å². The average Bonchev–Trinajstić information content (AvgIpc) is 1.65. The van der Waals surface area contributed by atoms with Crippen LogP contribution < -0.4 is 21.3 Å². The summed E-state index contributed by atoms with van der Waals surface area (Å²) in [6.07, 6.45) is 25.4. The molecule has 0 unspecified atom stereocenters. The molecule has 6 amide bonds. The van der Waals surface area contributed by atoms with Crippen molar-refractivity contribution < 1.29 is 79.4 Å². The number of likely N-dealkylation sites (tertiary alicyclic amines) is 4. The van der Waals surface area contributed by atoms with E-state index in [0.29, 0.717) is 136 Å². The Morgan fingerprint density at radius 2 is 0.664 bits per heavy atom. The molecule has 0 bridgehead atoms. The zero-order valence-electron chi connectivity index (χ0n) is 71.8. The lowest BCUT2D eigenvalue weighted by Crippen LogP contribution is -2.51. The van der Waals surface area contributed by atoms with Gasteiger partial charge in [-0.1, -0.05) is 38.1 Å². The van der Waals surface area contributed by atoms with Gasteiger partial charge in [0.1, 0.15) is 45.8 Å². The van der Waals surface area contributed by atoms with Gasteiger partial charge in [-0.25, -0.2) is 0 Å². The van der Waals surface area contributed by atoms with Crippen LogP contribution in [0.5, 0.6) is 0 Å². The van der Waals surface area contributed by atoms with Crippen LogP contribution in [0.15, 0.2) is 238 Å². The maximum atomic E-state index is 12.9. The summed E-state index contributed by atoms with van der Waals surface area (Å²) in [5.74, 6) is 1.47. The molecule has 16 aromatic rings. The van der Waals surface area contributed by atoms with Crippen LogP contribution in [0, 0.1) is 0 Å². The third kappa shape index (κ3) is 22.4. The van der Waals surface area contributed by atoms with Crippen molar-refractivity contribution in [1.82, 2.24) is 119 Å². The normalized spacial score (nSPS) is 13.7. The number of amides is 6. The van der Waals surface area contributed by atoms with E-state index in [1.165, 1.54) is 4.90 Å². The van der Waals surface area contributed by atoms with Gasteiger partial charge in [-0.3, -0.25) is 102 Å². The molecule has 45 heteroatoms. The van der Waals surface area contributed by atoms with E-state index < -0.39 is 30.4 Å². The number of H-pyrrole nitrogens is 4. The van der Waals surface area contributed by atoms with Gasteiger partial charge in [0.05, 0.1) is 123 Å². The molecule has 0 radical (unpaired) electrons. The van der Waals surface area contributed by atoms with Gasteiger partial charge < -0.3 is 63.8 Å². The van der Waals surface area contributed by atoms with Crippen molar-refractivity contribution >= 4 is 71.1 Å². The van der Waals surface area contributed by atoms with E-state index in [2.05, 4.69) is 99.0 Å². The number of nitrogens with zero attached hydrogens (tertiary/aromatic N) is 20. The predicted molar refractivity (Wildman–Crippen MR) is 475 cm³/mol. The summed E-state index contributed by atoms with van der Waals surface area (Å²) in [6, 6.07) is 35.4. The molecule has 0 aromatic carbocycles. The smallest absolute Gasteiger partial charge is 0.401 e. The minimum atomic E-state index is -4.24. The number of furan rings is 4. The van der Waals surface area contributed by atoms with Crippen LogP contribution >= 0.6 is 0 Å². The summed E-state index contributed by atoms with van der Waals surface area (Å²) in [6.45, 7) is 7.19. The highest BCUT2D eigenvalue weighted by Crippen LogP contribution is 2.38. The second kappa shape index (κ2) is 42.4. The van der Waals surface area contributed by atoms with E-state index in [1.807, 2.05) is 89.1 Å². The number of hydrogen-bond donors (Lipinski definition) is 10. The maximum absolute atomic E-state index is 12.9. The van der Waals surface area contributed by atoms with E-state index in [9.17, 15) is 41.9 Å². The molecule has 20 rings (SSSR count). The van der Waals surface area contributed by atoms with Crippen LogP contribution in [0.1, 0.15) is 106 Å². The van der Waals surface area contributed by atoms with Crippen molar-refractivity contribution in [1.29, 1.82) is 0 Å². The number of halogens is 3. The Morgan fingerprint density at radius 1 is 0.403 bits per heavy atom. The molecule has 0 spiro atoms. The fourth-order valence-electron chi connectivity index (χ4n) is 14.5. The number of aromatic nitrogens is 20. The molecular weight excluding hydrogens is 1740 g/mol. The number of carbonyl (C=O) groups excluding carboxylic acids is 6. The van der Waals surface area contributed by atoms with Crippen molar-refractivity contribution in [3.05, 3.63) is 244 Å². The summed E-state index contributed by atoms with van der Waals surface area (Å²) < 4.78 is 67.6. The fourth-order valence-corrected chi connectivity index (χ4v) is 14.5. The highest BCUT2D eigenvalue weighted by atomic mass is 19.4. The molecule has 134 heavy (non-hydrogen) atoms. The molecule has 10 N–H and O–H groups in total. The SMILES string of the molecule is CCCC(=O)N1CC(n2cc(NC(=O)c3ccc(-c4cn[nH]c4)o3)c(-c3ccccn3)n2)C1.CCCC(=O)N1CC(n2cc(NC(=O)c3ccc(-c4cn[nH]c4)o3)c(-c3ccccn3)n2)C1.CN1CC(n2cc(NC(=O)c3ccc(-c4cn[nH]c4)o3)c(-c3ccccn3)n2)C1.O=C(Nc1cn(C2CN(CC(F)(F)F)C2)nc1-c1ccccn1)c1ccc(-c2cn[nH]c2)o1.O=CO.O=CO. The third-order valence-corrected chi connectivity index (χ3v) is 21.2. The Bertz CT molecular complexity index is 6360. The molecule has 688 valence electrons. The van der Waals surface area contributed by atoms with Gasteiger partial charge in [-0.05, 0) is 117 Å². The van der Waals surface area contributed by atoms with Crippen LogP contribution in [0.4, 0.5) is 35.9 Å². The molecular formula is C89H87F3N28O14. The number of rotatable bonds is 25. The van der Waals surface area contributed by atoms with Gasteiger partial charge in [0.2, 0.25) is 11.8 Å². The standard InChI is InChI=1S/2C23H23N7O3.C21H18F3N7O2.C20H19N7O2.2CH2O2/c2*1-2-5-21(31)29-12-16(13-29)30-14-18(22(28-30)17-6-3-4-9-24-17)27-23(32)20-8-7-19(33-20)15-10-25-26-11-15;22-21(23,24)12-30-9-14(10-30)31-11-16(19(29-31)15-3-1-2-6-25-15)28-20(32)18-5-4-17(33-18)13-7-26-27-8-13;1-26-10-14(11-26)27-12-16(19(25-27)15-4-2-3-7-21-15)24-20(28)18-6-5-17(29-18)13-8-22-23-9-13;2*2-1-3/h2*3-4,6-11,14,16H,2,5,12-13H2,1H3,(H,25,26)(H,27,32);1-8,11,14H,9-10,12H2,(H,26,27)(H,28,32);2-9,12,14H,10-11H2,1H3,(H,22,23)(H,24,28);2*1H,(H,2,3). The van der Waals surface area contributed by atoms with Crippen molar-refractivity contribution in [2.75, 3.05) is 87.2 Å². The van der Waals surface area contributed by atoms with E-state index in [-0.39, 0.29) is 91.0 Å². The van der Waals surface area contributed by atoms with E-state index in [1.54, 1.807) is 174 Å². The molecule has 0 saturated carbocycles. The first-order valence-corrected chi connectivity index (χ1v) is 41.9. The first kappa shape index (κ1) is 91.6. The zero-order chi connectivity index (χ0) is 93.8. The van der Waals surface area contributed by atoms with Crippen LogP contribution in [0.3, 0.4) is 0 Å². The molecule has 4 fully saturated rings. The van der Waals surface area contributed by atoms with Crippen molar-refractivity contribution in [2.24, 2.45) is 0 Å². The number of hydrogen-bond acceptors (Lipinski definition) is 26. The minimum absolute atomic E-state index is 0.0511. The Labute approximate surface area is 758 Å². The average molecular weight is 1830 g/mol. The van der Waals surface area contributed by atoms with E-state index in [4.69, 9.17) is 52.8 Å². The molecule has 16 aromatic heterocycles. The second-order valence-corrected chi connectivity index (χ2v) is 30.7. The minimum Gasteiger partial charge on any atom is -0.483 e. The Kier molecular flexibility index (Phi) is 29.0. The van der Waals surface area contributed by atoms with Crippen molar-refractivity contribution in [3.63, 3.8) is 0 Å². The van der Waals surface area contributed by atoms with Gasteiger partial charge in [-0.2, -0.15) is 54.0 Å². The lowest BCUT2D eigenvalue weighted by Gasteiger charge is -2.39. The summed E-state index contributed by atoms with van der Waals surface area (Å²) in [4.78, 5) is 117. The summed E-state index contributed by atoms with van der Waals surface area (Å²) in [7, 11) is 2.07. The summed E-state index contributed by atoms with van der Waals surface area (Å²) in [5, 5.41) is 70.3. The van der Waals surface area contributed by atoms with Gasteiger partial charge in [0, 0.05) is 140 Å². The van der Waals surface area contributed by atoms with E-state index in [0.717, 1.165) is 42.6 Å². The number of likely N-dealkylation sites (N-methyl/N-ethyl adjacent to an activating group) is 1. The molecule has 0 aliphatic carbocycles. The Hall–Kier alpha value is -17.1. The number of carboxylic acid groups (broad SMARTS) is 2. The number of carbonyl (C=O) groups is 8. The summed E-state index contributed by atoms with van der Waals surface area (Å²) >= 11 is 0. The Morgan fingerprint density at radius 3 is 0.888 bits per heavy atom. The predicted octanol–water partition coefficient (Wildman–Crippen LogP) is 12.4. The molecule has 42 nitrogen and oxygen atoms in total. The number of anilines is 4. The molecule has 4 aliphatic heterocycles. The van der Waals surface area contributed by atoms with Crippen LogP contribution in [0.25, 0.3) is 90.8 Å². The zero-order valence-corrected chi connectivity index (χ0v) is 71.8. The van der Waals surface area contributed by atoms with Gasteiger partial charge in [-0.15, -0.1) is 0 Å². The van der Waals surface area contributed by atoms with Crippen LogP contribution in [-0.2, 0) is 19.2 Å². The first-order chi connectivity index (χ1) is 65.1. The number of pyridine rings is 4. The van der Waals surface area contributed by atoms with Crippen LogP contribution in [0.2, 0.25) is 0 Å². The Balaban J connectivity index is 0.000000134. The maximum Gasteiger partial charge on any atom is 0.401 e. The monoisotopic (exact) mass is 1830 g/mol. The van der Waals surface area contributed by atoms with Crippen LogP contribution in [-0.4, -0.2) is 250 Å². The topological polar surface area (TPSA) is 528 Å². The first-order valence-electron chi connectivity index (χ1n) is 41.9. The largest absolute Gasteiger partial charge is 0.483 e. The van der Waals surface area contributed by atoms with Gasteiger partial charge in [0.15, 0.2) is 23.0 Å². The number of aromatic amines is 4. The van der Waals surface area contributed by atoms with Gasteiger partial charge >= 0.3 is 6.18 Å². The molecule has 4 saturated heterocycles. The lowest BCUT2D eigenvalue weighted by molar-refractivity contribution is -0.158. The third-order valence-electron chi connectivity index (χ3n) is 21.2. The van der Waals surface area contributed by atoms with E-state index >= 15 is 0 Å². The van der Waals surface area contributed by atoms with Crippen molar-refractivity contribution in [3.8, 4) is 90.8 Å². The fraction of sp³-hybridized carbons (Fsp3) is 0.236. The number of nitrogens with one attached hydrogen (secondary N) is 8. The quantitative estimate of drug-likeness (QED) is 0.0238. The lowest BCUT2D eigenvalue weighted by atomic mass is 10.1.